The van der Waals surface area contributed by atoms with Crippen molar-refractivity contribution in [3.63, 3.8) is 0 Å². The maximum absolute atomic E-state index is 12.5. The summed E-state index contributed by atoms with van der Waals surface area (Å²) in [7, 11) is 0. The largest absolute Gasteiger partial charge is 0.359 e. The summed E-state index contributed by atoms with van der Waals surface area (Å²) in [6, 6.07) is 44.9. The number of rotatable bonds is 7. The molecule has 0 heterocycles. The maximum Gasteiger partial charge on any atom is 0.152 e. The van der Waals surface area contributed by atoms with Crippen molar-refractivity contribution < 1.29 is 4.79 Å². The Labute approximate surface area is 225 Å². The third kappa shape index (κ3) is 4.78. The minimum atomic E-state index is 0.184. The van der Waals surface area contributed by atoms with E-state index in [0.29, 0.717) is 6.54 Å². The van der Waals surface area contributed by atoms with Crippen LogP contribution in [-0.4, -0.2) is 6.29 Å². The molecule has 1 aliphatic carbocycles. The number of para-hydroxylation sites is 1. The Bertz CT molecular complexity index is 1540. The van der Waals surface area contributed by atoms with Crippen molar-refractivity contribution >= 4 is 12.0 Å². The van der Waals surface area contributed by atoms with Crippen LogP contribution in [0.5, 0.6) is 0 Å². The maximum atomic E-state index is 12.5. The number of anilines is 1. The zero-order valence-electron chi connectivity index (χ0n) is 21.5. The van der Waals surface area contributed by atoms with Crippen molar-refractivity contribution in [3.8, 4) is 22.3 Å². The molecule has 0 spiro atoms. The summed E-state index contributed by atoms with van der Waals surface area (Å²) in [5.41, 5.74) is 10.4. The lowest BCUT2D eigenvalue weighted by Crippen LogP contribution is -2.32. The molecule has 186 valence electrons. The van der Waals surface area contributed by atoms with E-state index in [0.717, 1.165) is 47.9 Å². The number of aryl methyl sites for hydroxylation is 1. The molecular weight excluding hydrogens is 462 g/mol. The van der Waals surface area contributed by atoms with Crippen LogP contribution < -0.4 is 4.90 Å². The van der Waals surface area contributed by atoms with Crippen LogP contribution in [0.15, 0.2) is 127 Å². The second-order valence-electron chi connectivity index (χ2n) is 10.0. The summed E-state index contributed by atoms with van der Waals surface area (Å²) in [5.74, 6) is 0. The Morgan fingerprint density at radius 1 is 0.684 bits per heavy atom. The Balaban J connectivity index is 1.52. The summed E-state index contributed by atoms with van der Waals surface area (Å²) < 4.78 is 0. The van der Waals surface area contributed by atoms with Crippen LogP contribution in [0.2, 0.25) is 0 Å². The van der Waals surface area contributed by atoms with E-state index in [9.17, 15) is 4.79 Å². The third-order valence-corrected chi connectivity index (χ3v) is 7.67. The topological polar surface area (TPSA) is 20.3 Å². The Morgan fingerprint density at radius 2 is 1.37 bits per heavy atom. The molecule has 5 aromatic carbocycles. The summed E-state index contributed by atoms with van der Waals surface area (Å²) in [5, 5.41) is 0. The van der Waals surface area contributed by atoms with E-state index in [-0.39, 0.29) is 6.04 Å². The van der Waals surface area contributed by atoms with E-state index in [4.69, 9.17) is 0 Å². The molecule has 0 amide bonds. The first kappa shape index (κ1) is 23.9. The lowest BCUT2D eigenvalue weighted by molar-refractivity contribution is 0.112. The van der Waals surface area contributed by atoms with E-state index in [1.54, 1.807) is 0 Å². The average Bonchev–Trinajstić information content (AvgIpc) is 3.00. The highest BCUT2D eigenvalue weighted by Gasteiger charge is 2.29. The van der Waals surface area contributed by atoms with Gasteiger partial charge in [-0.05, 0) is 64.8 Å². The first-order valence-electron chi connectivity index (χ1n) is 13.4. The second-order valence-corrected chi connectivity index (χ2v) is 10.0. The van der Waals surface area contributed by atoms with E-state index in [2.05, 4.69) is 114 Å². The lowest BCUT2D eigenvalue weighted by Gasteiger charge is -2.39. The highest BCUT2D eigenvalue weighted by molar-refractivity contribution is 5.93. The zero-order chi connectivity index (χ0) is 25.7. The molecule has 1 aliphatic rings. The first-order chi connectivity index (χ1) is 18.8. The van der Waals surface area contributed by atoms with Crippen molar-refractivity contribution in [2.45, 2.75) is 31.8 Å². The van der Waals surface area contributed by atoms with Crippen LogP contribution in [0.1, 0.15) is 45.9 Å². The van der Waals surface area contributed by atoms with Crippen molar-refractivity contribution in [1.29, 1.82) is 0 Å². The van der Waals surface area contributed by atoms with Gasteiger partial charge < -0.3 is 4.90 Å². The van der Waals surface area contributed by atoms with Crippen molar-refractivity contribution in [1.82, 2.24) is 0 Å². The molecule has 0 aliphatic heterocycles. The normalized spacial score (nSPS) is 14.5. The van der Waals surface area contributed by atoms with Crippen molar-refractivity contribution in [3.05, 3.63) is 150 Å². The van der Waals surface area contributed by atoms with Crippen LogP contribution >= 0.6 is 0 Å². The van der Waals surface area contributed by atoms with Gasteiger partial charge in [0.2, 0.25) is 0 Å². The lowest BCUT2D eigenvalue weighted by atomic mass is 9.85. The Hall–Kier alpha value is -4.43. The van der Waals surface area contributed by atoms with Gasteiger partial charge in [-0.25, -0.2) is 0 Å². The zero-order valence-corrected chi connectivity index (χ0v) is 21.5. The van der Waals surface area contributed by atoms with Crippen molar-refractivity contribution in [2.75, 3.05) is 4.90 Å². The van der Waals surface area contributed by atoms with E-state index < -0.39 is 0 Å². The van der Waals surface area contributed by atoms with Gasteiger partial charge in [0.25, 0.3) is 0 Å². The quantitative estimate of drug-likeness (QED) is 0.211. The highest BCUT2D eigenvalue weighted by atomic mass is 16.1. The van der Waals surface area contributed by atoms with Crippen LogP contribution in [0.25, 0.3) is 22.3 Å². The molecular formula is C36H31NO. The van der Waals surface area contributed by atoms with Gasteiger partial charge in [-0.15, -0.1) is 0 Å². The van der Waals surface area contributed by atoms with Gasteiger partial charge >= 0.3 is 0 Å². The number of hydrogen-bond acceptors (Lipinski definition) is 2. The second kappa shape index (κ2) is 10.9. The van der Waals surface area contributed by atoms with Gasteiger partial charge in [0.15, 0.2) is 6.29 Å². The number of benzene rings is 5. The minimum absolute atomic E-state index is 0.184. The third-order valence-electron chi connectivity index (χ3n) is 7.67. The van der Waals surface area contributed by atoms with Crippen LogP contribution in [0, 0.1) is 0 Å². The summed E-state index contributed by atoms with van der Waals surface area (Å²) in [6.45, 7) is 0.713. The molecule has 2 heteroatoms. The van der Waals surface area contributed by atoms with E-state index in [1.807, 2.05) is 18.2 Å². The minimum Gasteiger partial charge on any atom is -0.359 e. The first-order valence-corrected chi connectivity index (χ1v) is 13.4. The van der Waals surface area contributed by atoms with Gasteiger partial charge in [-0.1, -0.05) is 115 Å². The molecule has 0 N–H and O–H groups in total. The number of fused-ring (bicyclic) bond motifs is 1. The molecule has 1 atom stereocenters. The molecule has 0 aromatic heterocycles. The number of carbonyl (C=O) groups is 1. The molecule has 0 bridgehead atoms. The van der Waals surface area contributed by atoms with Gasteiger partial charge in [0.05, 0.1) is 11.7 Å². The molecule has 2 nitrogen and oxygen atoms in total. The summed E-state index contributed by atoms with van der Waals surface area (Å²) >= 11 is 0. The SMILES string of the molecule is O=Cc1cccc(-c2ccccc2)c1N(Cc1cccc(-c2ccccc2)c1)[C@H]1CCCc2ccccc21. The molecule has 38 heavy (non-hydrogen) atoms. The van der Waals surface area contributed by atoms with E-state index in [1.165, 1.54) is 27.8 Å². The average molecular weight is 494 g/mol. The molecule has 0 saturated heterocycles. The molecule has 0 saturated carbocycles. The molecule has 0 fully saturated rings. The summed E-state index contributed by atoms with van der Waals surface area (Å²) in [6.07, 6.45) is 4.30. The number of hydrogen-bond donors (Lipinski definition) is 0. The highest BCUT2D eigenvalue weighted by Crippen LogP contribution is 2.43. The summed E-state index contributed by atoms with van der Waals surface area (Å²) in [4.78, 5) is 15.0. The predicted octanol–water partition coefficient (Wildman–Crippen LogP) is 8.92. The van der Waals surface area contributed by atoms with Gasteiger partial charge in [-0.2, -0.15) is 0 Å². The van der Waals surface area contributed by atoms with Gasteiger partial charge in [0, 0.05) is 17.7 Å². The van der Waals surface area contributed by atoms with Gasteiger partial charge in [-0.3, -0.25) is 4.79 Å². The standard InChI is InChI=1S/C36H31NO/c38-26-32-20-10-22-34(30-15-5-2-6-16-30)36(32)37(35-23-11-18-29-17-7-8-21-33(29)35)25-27-12-9-19-31(24-27)28-13-3-1-4-14-28/h1-10,12-17,19-22,24,26,35H,11,18,23,25H2/t35-/m0/s1. The number of nitrogens with zero attached hydrogens (tertiary/aromatic N) is 1. The van der Waals surface area contributed by atoms with E-state index >= 15 is 0 Å². The molecule has 6 rings (SSSR count). The Kier molecular flexibility index (Phi) is 6.87. The predicted molar refractivity (Wildman–Crippen MR) is 157 cm³/mol. The monoisotopic (exact) mass is 493 g/mol. The number of carbonyl (C=O) groups excluding carboxylic acids is 1. The number of aldehydes is 1. The van der Waals surface area contributed by atoms with Crippen LogP contribution in [-0.2, 0) is 13.0 Å². The van der Waals surface area contributed by atoms with Crippen molar-refractivity contribution in [2.24, 2.45) is 0 Å². The Morgan fingerprint density at radius 3 is 2.16 bits per heavy atom. The molecule has 0 unspecified atom stereocenters. The smallest absolute Gasteiger partial charge is 0.152 e. The van der Waals surface area contributed by atoms with Crippen LogP contribution in [0.4, 0.5) is 5.69 Å². The molecule has 5 aromatic rings. The fraction of sp³-hybridized carbons (Fsp3) is 0.139. The fourth-order valence-corrected chi connectivity index (χ4v) is 5.90. The van der Waals surface area contributed by atoms with Crippen LogP contribution in [0.3, 0.4) is 0 Å². The fourth-order valence-electron chi connectivity index (χ4n) is 5.90. The van der Waals surface area contributed by atoms with Gasteiger partial charge in [0.1, 0.15) is 0 Å². The molecule has 0 radical (unpaired) electrons.